The minimum Gasteiger partial charge on any atom is -0.378 e. The topological polar surface area (TPSA) is 70.2 Å². The van der Waals surface area contributed by atoms with Gasteiger partial charge in [-0.15, -0.1) is 0 Å². The van der Waals surface area contributed by atoms with Crippen LogP contribution in [0.3, 0.4) is 0 Å². The van der Waals surface area contributed by atoms with Crippen LogP contribution in [0.5, 0.6) is 0 Å². The summed E-state index contributed by atoms with van der Waals surface area (Å²) in [5.41, 5.74) is 2.00. The van der Waals surface area contributed by atoms with E-state index in [9.17, 15) is 4.79 Å². The van der Waals surface area contributed by atoms with Gasteiger partial charge in [-0.25, -0.2) is 4.79 Å². The van der Waals surface area contributed by atoms with Gasteiger partial charge in [-0.3, -0.25) is 5.10 Å². The lowest BCUT2D eigenvalue weighted by Crippen LogP contribution is -2.45. The molecule has 1 aromatic rings. The summed E-state index contributed by atoms with van der Waals surface area (Å²) < 4.78 is 5.18. The average Bonchev–Trinajstić information content (AvgIpc) is 2.73. The van der Waals surface area contributed by atoms with E-state index in [2.05, 4.69) is 15.5 Å². The van der Waals surface area contributed by atoms with Gasteiger partial charge in [0.1, 0.15) is 0 Å². The minimum absolute atomic E-state index is 0.0381. The highest BCUT2D eigenvalue weighted by atomic mass is 16.5. The third-order valence-corrected chi connectivity index (χ3v) is 2.66. The first-order valence-electron chi connectivity index (χ1n) is 5.37. The molecule has 88 valence electrons. The van der Waals surface area contributed by atoms with E-state index in [-0.39, 0.29) is 6.03 Å². The van der Waals surface area contributed by atoms with Crippen molar-refractivity contribution in [1.29, 1.82) is 0 Å². The quantitative estimate of drug-likeness (QED) is 0.757. The lowest BCUT2D eigenvalue weighted by Gasteiger charge is -2.26. The number of amides is 2. The molecule has 0 atom stereocenters. The van der Waals surface area contributed by atoms with Gasteiger partial charge in [0.2, 0.25) is 0 Å². The van der Waals surface area contributed by atoms with Crippen LogP contribution in [-0.4, -0.2) is 47.4 Å². The molecule has 6 heteroatoms. The fourth-order valence-electron chi connectivity index (χ4n) is 1.60. The monoisotopic (exact) mass is 224 g/mol. The molecule has 0 radical (unpaired) electrons. The van der Waals surface area contributed by atoms with Gasteiger partial charge in [-0.2, -0.15) is 5.10 Å². The molecule has 1 fully saturated rings. The fourth-order valence-corrected chi connectivity index (χ4v) is 1.60. The summed E-state index contributed by atoms with van der Waals surface area (Å²) in [5, 5.41) is 9.61. The van der Waals surface area contributed by atoms with E-state index in [1.54, 1.807) is 11.1 Å². The zero-order chi connectivity index (χ0) is 11.4. The first kappa shape index (κ1) is 10.9. The third kappa shape index (κ3) is 2.52. The number of hydrogen-bond donors (Lipinski definition) is 2. The summed E-state index contributed by atoms with van der Waals surface area (Å²) in [6.07, 6.45) is 1.73. The molecule has 16 heavy (non-hydrogen) atoms. The van der Waals surface area contributed by atoms with Crippen molar-refractivity contribution < 1.29 is 9.53 Å². The molecule has 0 saturated carbocycles. The van der Waals surface area contributed by atoms with E-state index in [0.717, 1.165) is 11.3 Å². The number of morpholine rings is 1. The number of aromatic nitrogens is 2. The number of nitrogens with one attached hydrogen (secondary N) is 2. The molecule has 1 aliphatic heterocycles. The van der Waals surface area contributed by atoms with Crippen molar-refractivity contribution >= 4 is 6.03 Å². The maximum Gasteiger partial charge on any atom is 0.317 e. The van der Waals surface area contributed by atoms with Crippen LogP contribution in [0.25, 0.3) is 0 Å². The number of carbonyl (C=O) groups is 1. The Bertz CT molecular complexity index is 357. The van der Waals surface area contributed by atoms with Gasteiger partial charge < -0.3 is 15.0 Å². The second-order valence-electron chi connectivity index (χ2n) is 3.78. The molecule has 0 bridgehead atoms. The van der Waals surface area contributed by atoms with E-state index in [1.165, 1.54) is 0 Å². The number of rotatable bonds is 2. The van der Waals surface area contributed by atoms with Gasteiger partial charge in [0.25, 0.3) is 0 Å². The van der Waals surface area contributed by atoms with Gasteiger partial charge in [-0.05, 0) is 6.92 Å². The number of ether oxygens (including phenoxy) is 1. The Kier molecular flexibility index (Phi) is 3.40. The van der Waals surface area contributed by atoms with E-state index in [0.29, 0.717) is 32.8 Å². The summed E-state index contributed by atoms with van der Waals surface area (Å²) in [6.45, 7) is 5.02. The van der Waals surface area contributed by atoms with Gasteiger partial charge in [0.15, 0.2) is 0 Å². The summed E-state index contributed by atoms with van der Waals surface area (Å²) >= 11 is 0. The van der Waals surface area contributed by atoms with Gasteiger partial charge in [-0.1, -0.05) is 0 Å². The Labute approximate surface area is 94.0 Å². The van der Waals surface area contributed by atoms with E-state index in [4.69, 9.17) is 4.74 Å². The maximum absolute atomic E-state index is 11.7. The number of hydrogen-bond acceptors (Lipinski definition) is 3. The van der Waals surface area contributed by atoms with Crippen LogP contribution in [0, 0.1) is 6.92 Å². The SMILES string of the molecule is Cc1[nH]ncc1CNC(=O)N1CCOCC1. The van der Waals surface area contributed by atoms with Crippen LogP contribution in [0.2, 0.25) is 0 Å². The average molecular weight is 224 g/mol. The summed E-state index contributed by atoms with van der Waals surface area (Å²) in [6, 6.07) is -0.0381. The van der Waals surface area contributed by atoms with Gasteiger partial charge >= 0.3 is 6.03 Å². The van der Waals surface area contributed by atoms with Crippen molar-refractivity contribution in [1.82, 2.24) is 20.4 Å². The highest BCUT2D eigenvalue weighted by molar-refractivity contribution is 5.74. The first-order valence-corrected chi connectivity index (χ1v) is 5.37. The van der Waals surface area contributed by atoms with Crippen molar-refractivity contribution in [3.8, 4) is 0 Å². The number of nitrogens with zero attached hydrogens (tertiary/aromatic N) is 2. The molecule has 0 aromatic carbocycles. The highest BCUT2D eigenvalue weighted by Gasteiger charge is 2.16. The molecular formula is C10H16N4O2. The molecular weight excluding hydrogens is 208 g/mol. The van der Waals surface area contributed by atoms with Crippen LogP contribution < -0.4 is 5.32 Å². The van der Waals surface area contributed by atoms with E-state index >= 15 is 0 Å². The second-order valence-corrected chi connectivity index (χ2v) is 3.78. The maximum atomic E-state index is 11.7. The van der Waals surface area contributed by atoms with Crippen molar-refractivity contribution in [2.24, 2.45) is 0 Å². The Balaban J connectivity index is 1.81. The molecule has 2 heterocycles. The molecule has 2 rings (SSSR count). The van der Waals surface area contributed by atoms with Crippen LogP contribution in [0.15, 0.2) is 6.20 Å². The van der Waals surface area contributed by atoms with Crippen molar-refractivity contribution in [2.75, 3.05) is 26.3 Å². The highest BCUT2D eigenvalue weighted by Crippen LogP contribution is 2.02. The van der Waals surface area contributed by atoms with Crippen molar-refractivity contribution in [2.45, 2.75) is 13.5 Å². The Morgan fingerprint density at radius 3 is 3.00 bits per heavy atom. The van der Waals surface area contributed by atoms with Gasteiger partial charge in [0.05, 0.1) is 19.4 Å². The summed E-state index contributed by atoms with van der Waals surface area (Å²) in [7, 11) is 0. The van der Waals surface area contributed by atoms with Crippen LogP contribution in [0.1, 0.15) is 11.3 Å². The molecule has 2 N–H and O–H groups in total. The van der Waals surface area contributed by atoms with Crippen molar-refractivity contribution in [3.05, 3.63) is 17.5 Å². The Morgan fingerprint density at radius 1 is 1.62 bits per heavy atom. The molecule has 0 spiro atoms. The molecule has 0 unspecified atom stereocenters. The van der Waals surface area contributed by atoms with E-state index in [1.807, 2.05) is 6.92 Å². The first-order chi connectivity index (χ1) is 7.77. The number of aromatic amines is 1. The molecule has 1 saturated heterocycles. The Morgan fingerprint density at radius 2 is 2.38 bits per heavy atom. The predicted octanol–water partition coefficient (Wildman–Crippen LogP) is 0.260. The second kappa shape index (κ2) is 4.98. The lowest BCUT2D eigenvalue weighted by molar-refractivity contribution is 0.0531. The van der Waals surface area contributed by atoms with Crippen LogP contribution >= 0.6 is 0 Å². The number of aryl methyl sites for hydroxylation is 1. The van der Waals surface area contributed by atoms with Crippen LogP contribution in [-0.2, 0) is 11.3 Å². The van der Waals surface area contributed by atoms with Crippen LogP contribution in [0.4, 0.5) is 4.79 Å². The number of carbonyl (C=O) groups excluding carboxylic acids is 1. The Hall–Kier alpha value is -1.56. The number of H-pyrrole nitrogens is 1. The largest absolute Gasteiger partial charge is 0.378 e. The van der Waals surface area contributed by atoms with Crippen molar-refractivity contribution in [3.63, 3.8) is 0 Å². The lowest BCUT2D eigenvalue weighted by atomic mass is 10.3. The molecule has 1 aromatic heterocycles. The zero-order valence-electron chi connectivity index (χ0n) is 9.32. The van der Waals surface area contributed by atoms with E-state index < -0.39 is 0 Å². The predicted molar refractivity (Wildman–Crippen MR) is 58.0 cm³/mol. The zero-order valence-corrected chi connectivity index (χ0v) is 9.32. The normalized spacial score (nSPS) is 16.2. The number of urea groups is 1. The molecule has 1 aliphatic rings. The third-order valence-electron chi connectivity index (χ3n) is 2.66. The molecule has 2 amide bonds. The van der Waals surface area contributed by atoms with Gasteiger partial charge in [0, 0.05) is 30.9 Å². The fraction of sp³-hybridized carbons (Fsp3) is 0.600. The standard InChI is InChI=1S/C10H16N4O2/c1-8-9(7-12-13-8)6-11-10(15)14-2-4-16-5-3-14/h7H,2-6H2,1H3,(H,11,15)(H,12,13). The summed E-state index contributed by atoms with van der Waals surface area (Å²) in [5.74, 6) is 0. The minimum atomic E-state index is -0.0381. The molecule has 0 aliphatic carbocycles. The summed E-state index contributed by atoms with van der Waals surface area (Å²) in [4.78, 5) is 13.5. The molecule has 6 nitrogen and oxygen atoms in total. The smallest absolute Gasteiger partial charge is 0.317 e.